The van der Waals surface area contributed by atoms with Crippen molar-refractivity contribution in [1.29, 1.82) is 0 Å². The maximum absolute atomic E-state index is 12.5. The third kappa shape index (κ3) is 4.86. The van der Waals surface area contributed by atoms with E-state index in [2.05, 4.69) is 14.8 Å². The molecule has 0 bridgehead atoms. The molecular formula is C22H32N4O4. The summed E-state index contributed by atoms with van der Waals surface area (Å²) < 4.78 is 10.8. The summed E-state index contributed by atoms with van der Waals surface area (Å²) in [4.78, 5) is 35.1. The summed E-state index contributed by atoms with van der Waals surface area (Å²) in [6.07, 6.45) is 6.91. The highest BCUT2D eigenvalue weighted by molar-refractivity contribution is 5.72. The van der Waals surface area contributed by atoms with Crippen molar-refractivity contribution in [2.75, 3.05) is 50.8 Å². The number of hydrogen-bond acceptors (Lipinski definition) is 7. The van der Waals surface area contributed by atoms with Gasteiger partial charge in [-0.2, -0.15) is 0 Å². The van der Waals surface area contributed by atoms with Gasteiger partial charge in [-0.15, -0.1) is 0 Å². The van der Waals surface area contributed by atoms with Gasteiger partial charge >= 0.3 is 12.1 Å². The van der Waals surface area contributed by atoms with E-state index in [-0.39, 0.29) is 30.1 Å². The molecule has 164 valence electrons. The van der Waals surface area contributed by atoms with Crippen LogP contribution >= 0.6 is 0 Å². The van der Waals surface area contributed by atoms with Crippen molar-refractivity contribution < 1.29 is 19.1 Å². The van der Waals surface area contributed by atoms with Crippen LogP contribution in [-0.2, 0) is 14.3 Å². The maximum atomic E-state index is 12.5. The summed E-state index contributed by atoms with van der Waals surface area (Å²) in [7, 11) is 0. The molecule has 0 aromatic carbocycles. The number of esters is 1. The molecule has 4 heterocycles. The van der Waals surface area contributed by atoms with Crippen LogP contribution < -0.4 is 4.90 Å². The Morgan fingerprint density at radius 1 is 1.13 bits per heavy atom. The van der Waals surface area contributed by atoms with Crippen LogP contribution in [0.5, 0.6) is 0 Å². The van der Waals surface area contributed by atoms with Gasteiger partial charge in [0.2, 0.25) is 0 Å². The van der Waals surface area contributed by atoms with E-state index in [1.165, 1.54) is 5.69 Å². The number of nitrogens with zero attached hydrogens (tertiary/aromatic N) is 4. The van der Waals surface area contributed by atoms with Crippen LogP contribution in [0.4, 0.5) is 10.5 Å². The van der Waals surface area contributed by atoms with E-state index in [0.717, 1.165) is 58.4 Å². The summed E-state index contributed by atoms with van der Waals surface area (Å²) in [5.41, 5.74) is 1.19. The van der Waals surface area contributed by atoms with Gasteiger partial charge in [-0.25, -0.2) is 4.79 Å². The van der Waals surface area contributed by atoms with Crippen LogP contribution in [0.1, 0.15) is 32.6 Å². The number of rotatable bonds is 6. The lowest BCUT2D eigenvalue weighted by Gasteiger charge is -2.37. The second kappa shape index (κ2) is 9.64. The Balaban J connectivity index is 1.22. The highest BCUT2D eigenvalue weighted by Crippen LogP contribution is 2.26. The zero-order valence-corrected chi connectivity index (χ0v) is 17.7. The Morgan fingerprint density at radius 2 is 1.83 bits per heavy atom. The molecule has 0 N–H and O–H groups in total. The topological polar surface area (TPSA) is 75.2 Å². The smallest absolute Gasteiger partial charge is 0.410 e. The molecule has 1 atom stereocenters. The molecule has 3 saturated heterocycles. The first-order valence-electron chi connectivity index (χ1n) is 11.1. The molecular weight excluding hydrogens is 384 g/mol. The van der Waals surface area contributed by atoms with E-state index in [1.807, 2.05) is 36.4 Å². The monoisotopic (exact) mass is 416 g/mol. The van der Waals surface area contributed by atoms with Gasteiger partial charge in [-0.1, -0.05) is 0 Å². The highest BCUT2D eigenvalue weighted by atomic mass is 16.6. The van der Waals surface area contributed by atoms with E-state index in [9.17, 15) is 9.59 Å². The summed E-state index contributed by atoms with van der Waals surface area (Å²) in [5.74, 6) is -0.0665. The summed E-state index contributed by atoms with van der Waals surface area (Å²) in [6.45, 7) is 7.26. The average Bonchev–Trinajstić information content (AvgIpc) is 3.15. The molecule has 0 radical (unpaired) electrons. The largest absolute Gasteiger partial charge is 0.466 e. The van der Waals surface area contributed by atoms with Crippen LogP contribution in [0.15, 0.2) is 24.5 Å². The SMILES string of the molecule is CCOC(=O)C1CCN(CC2CN(C3CCN(c4ccncc4)CC3)C(=O)O2)CC1. The molecule has 1 aromatic heterocycles. The number of hydrogen-bond donors (Lipinski definition) is 0. The van der Waals surface area contributed by atoms with Gasteiger partial charge in [0.15, 0.2) is 0 Å². The van der Waals surface area contributed by atoms with E-state index >= 15 is 0 Å². The van der Waals surface area contributed by atoms with Gasteiger partial charge in [0.1, 0.15) is 6.10 Å². The van der Waals surface area contributed by atoms with Crippen LogP contribution in [0.25, 0.3) is 0 Å². The van der Waals surface area contributed by atoms with Gasteiger partial charge in [-0.05, 0) is 57.8 Å². The summed E-state index contributed by atoms with van der Waals surface area (Å²) in [6, 6.07) is 4.31. The lowest BCUT2D eigenvalue weighted by Crippen LogP contribution is -2.46. The maximum Gasteiger partial charge on any atom is 0.410 e. The summed E-state index contributed by atoms with van der Waals surface area (Å²) >= 11 is 0. The van der Waals surface area contributed by atoms with Crippen molar-refractivity contribution in [2.45, 2.75) is 44.8 Å². The molecule has 8 heteroatoms. The second-order valence-electron chi connectivity index (χ2n) is 8.41. The normalized spacial score (nSPS) is 24.2. The van der Waals surface area contributed by atoms with Crippen molar-refractivity contribution >= 4 is 17.7 Å². The Bertz CT molecular complexity index is 715. The molecule has 3 aliphatic rings. The zero-order valence-electron chi connectivity index (χ0n) is 17.7. The number of amides is 1. The molecule has 1 aromatic rings. The van der Waals surface area contributed by atoms with Crippen LogP contribution in [0.3, 0.4) is 0 Å². The Labute approximate surface area is 178 Å². The van der Waals surface area contributed by atoms with Gasteiger partial charge in [0.05, 0.1) is 19.1 Å². The van der Waals surface area contributed by atoms with Crippen molar-refractivity contribution in [2.24, 2.45) is 5.92 Å². The minimum atomic E-state index is -0.177. The molecule has 3 aliphatic heterocycles. The van der Waals surface area contributed by atoms with Crippen molar-refractivity contribution in [3.05, 3.63) is 24.5 Å². The third-order valence-corrected chi connectivity index (χ3v) is 6.50. The number of carbonyl (C=O) groups excluding carboxylic acids is 2. The van der Waals surface area contributed by atoms with Gasteiger partial charge in [0, 0.05) is 43.8 Å². The number of piperidine rings is 2. The van der Waals surface area contributed by atoms with E-state index in [1.54, 1.807) is 0 Å². The molecule has 0 spiro atoms. The number of likely N-dealkylation sites (tertiary alicyclic amines) is 1. The third-order valence-electron chi connectivity index (χ3n) is 6.50. The molecule has 30 heavy (non-hydrogen) atoms. The van der Waals surface area contributed by atoms with Gasteiger partial charge in [0.25, 0.3) is 0 Å². The standard InChI is InChI=1S/C22H32N4O4/c1-2-29-21(27)17-5-11-24(12-6-17)15-20-16-26(22(28)30-20)19-7-13-25(14-8-19)18-3-9-23-10-4-18/h3-4,9-10,17,19-20H,2,5-8,11-16H2,1H3. The van der Waals surface area contributed by atoms with Crippen molar-refractivity contribution in [3.63, 3.8) is 0 Å². The van der Waals surface area contributed by atoms with Crippen molar-refractivity contribution in [1.82, 2.24) is 14.8 Å². The Hall–Kier alpha value is -2.35. The predicted octanol–water partition coefficient (Wildman–Crippen LogP) is 2.15. The van der Waals surface area contributed by atoms with E-state index in [4.69, 9.17) is 9.47 Å². The number of anilines is 1. The van der Waals surface area contributed by atoms with Crippen molar-refractivity contribution in [3.8, 4) is 0 Å². The molecule has 1 unspecified atom stereocenters. The number of ether oxygens (including phenoxy) is 2. The number of cyclic esters (lactones) is 1. The molecule has 0 aliphatic carbocycles. The zero-order chi connectivity index (χ0) is 20.9. The Morgan fingerprint density at radius 3 is 2.50 bits per heavy atom. The fraction of sp³-hybridized carbons (Fsp3) is 0.682. The first-order valence-corrected chi connectivity index (χ1v) is 11.1. The van der Waals surface area contributed by atoms with Crippen LogP contribution in [0, 0.1) is 5.92 Å². The average molecular weight is 417 g/mol. The predicted molar refractivity (Wildman–Crippen MR) is 112 cm³/mol. The fourth-order valence-electron chi connectivity index (χ4n) is 4.82. The first kappa shape index (κ1) is 20.9. The quantitative estimate of drug-likeness (QED) is 0.658. The molecule has 3 fully saturated rings. The number of aromatic nitrogens is 1. The van der Waals surface area contributed by atoms with Crippen LogP contribution in [0.2, 0.25) is 0 Å². The highest BCUT2D eigenvalue weighted by Gasteiger charge is 2.38. The minimum Gasteiger partial charge on any atom is -0.466 e. The van der Waals surface area contributed by atoms with Crippen LogP contribution in [-0.4, -0.2) is 84.9 Å². The summed E-state index contributed by atoms with van der Waals surface area (Å²) in [5, 5.41) is 0. The lowest BCUT2D eigenvalue weighted by molar-refractivity contribution is -0.149. The second-order valence-corrected chi connectivity index (χ2v) is 8.41. The molecule has 1 amide bonds. The molecule has 8 nitrogen and oxygen atoms in total. The first-order chi connectivity index (χ1) is 14.6. The van der Waals surface area contributed by atoms with E-state index in [0.29, 0.717) is 13.2 Å². The number of pyridine rings is 1. The fourth-order valence-corrected chi connectivity index (χ4v) is 4.82. The molecule has 4 rings (SSSR count). The van der Waals surface area contributed by atoms with Gasteiger partial charge < -0.3 is 19.3 Å². The Kier molecular flexibility index (Phi) is 6.72. The van der Waals surface area contributed by atoms with E-state index < -0.39 is 0 Å². The molecule has 0 saturated carbocycles. The lowest BCUT2D eigenvalue weighted by atomic mass is 9.97. The number of carbonyl (C=O) groups is 2. The van der Waals surface area contributed by atoms with Gasteiger partial charge in [-0.3, -0.25) is 14.7 Å². The minimum absolute atomic E-state index is 0.00871.